The zero-order valence-electron chi connectivity index (χ0n) is 14.3. The molecule has 2 fully saturated rings. The normalized spacial score (nSPS) is 20.0. The quantitative estimate of drug-likeness (QED) is 0.898. The van der Waals surface area contributed by atoms with Gasteiger partial charge in [-0.2, -0.15) is 0 Å². The predicted octanol–water partition coefficient (Wildman–Crippen LogP) is 1.70. The zero-order valence-corrected chi connectivity index (χ0v) is 14.3. The van der Waals surface area contributed by atoms with E-state index in [1.54, 1.807) is 4.90 Å². The molecular formula is C18H26N4O2. The highest BCUT2D eigenvalue weighted by Gasteiger charge is 2.31. The van der Waals surface area contributed by atoms with Crippen LogP contribution < -0.4 is 5.32 Å². The standard InChI is InChI=1S/C18H26N4O2/c1-20-11-13-21(14-12-20)17(23)15-7-9-22(10-8-15)18(24)19-16-5-3-2-4-6-16/h2-6,15H,7-14H2,1H3,(H,19,24). The Morgan fingerprint density at radius 1 is 0.917 bits per heavy atom. The van der Waals surface area contributed by atoms with Gasteiger partial charge in [-0.25, -0.2) is 4.79 Å². The van der Waals surface area contributed by atoms with E-state index in [0.717, 1.165) is 44.7 Å². The molecule has 2 heterocycles. The van der Waals surface area contributed by atoms with Crippen LogP contribution in [0.1, 0.15) is 12.8 Å². The minimum atomic E-state index is -0.0771. The average Bonchev–Trinajstić information content (AvgIpc) is 2.63. The third-order valence-electron chi connectivity index (χ3n) is 4.97. The number of piperidine rings is 1. The lowest BCUT2D eigenvalue weighted by Crippen LogP contribution is -2.51. The van der Waals surface area contributed by atoms with E-state index >= 15 is 0 Å². The maximum Gasteiger partial charge on any atom is 0.321 e. The second-order valence-electron chi connectivity index (χ2n) is 6.69. The lowest BCUT2D eigenvalue weighted by atomic mass is 9.95. The summed E-state index contributed by atoms with van der Waals surface area (Å²) in [5, 5.41) is 2.91. The molecule has 0 saturated carbocycles. The van der Waals surface area contributed by atoms with Gasteiger partial charge in [-0.3, -0.25) is 4.79 Å². The Morgan fingerprint density at radius 2 is 1.54 bits per heavy atom. The van der Waals surface area contributed by atoms with Gasteiger partial charge in [0.05, 0.1) is 0 Å². The van der Waals surface area contributed by atoms with Gasteiger partial charge in [-0.05, 0) is 32.0 Å². The van der Waals surface area contributed by atoms with Crippen LogP contribution in [-0.4, -0.2) is 73.0 Å². The molecule has 6 nitrogen and oxygen atoms in total. The van der Waals surface area contributed by atoms with Crippen LogP contribution in [0, 0.1) is 5.92 Å². The van der Waals surface area contributed by atoms with Crippen molar-refractivity contribution in [2.75, 3.05) is 51.6 Å². The van der Waals surface area contributed by atoms with Crippen LogP contribution in [0.2, 0.25) is 0 Å². The number of rotatable bonds is 2. The largest absolute Gasteiger partial charge is 0.340 e. The van der Waals surface area contributed by atoms with Crippen molar-refractivity contribution in [3.8, 4) is 0 Å². The fourth-order valence-corrected chi connectivity index (χ4v) is 3.34. The third kappa shape index (κ3) is 4.06. The number of likely N-dealkylation sites (tertiary alicyclic amines) is 1. The number of piperazine rings is 1. The number of nitrogens with one attached hydrogen (secondary N) is 1. The van der Waals surface area contributed by atoms with Gasteiger partial charge in [0, 0.05) is 50.9 Å². The summed E-state index contributed by atoms with van der Waals surface area (Å²) in [5.74, 6) is 0.334. The summed E-state index contributed by atoms with van der Waals surface area (Å²) in [6.07, 6.45) is 1.51. The van der Waals surface area contributed by atoms with Crippen LogP contribution in [-0.2, 0) is 4.79 Å². The van der Waals surface area contributed by atoms with Crippen LogP contribution in [0.15, 0.2) is 30.3 Å². The van der Waals surface area contributed by atoms with Gasteiger partial charge in [0.25, 0.3) is 0 Å². The molecule has 2 aliphatic rings. The average molecular weight is 330 g/mol. The molecule has 0 spiro atoms. The Kier molecular flexibility index (Phi) is 5.35. The first-order valence-corrected chi connectivity index (χ1v) is 8.72. The SMILES string of the molecule is CN1CCN(C(=O)C2CCN(C(=O)Nc3ccccc3)CC2)CC1. The number of hydrogen-bond donors (Lipinski definition) is 1. The first-order valence-electron chi connectivity index (χ1n) is 8.72. The summed E-state index contributed by atoms with van der Waals surface area (Å²) in [6, 6.07) is 9.40. The number of anilines is 1. The molecule has 0 aliphatic carbocycles. The molecule has 0 atom stereocenters. The summed E-state index contributed by atoms with van der Waals surface area (Å²) < 4.78 is 0. The smallest absolute Gasteiger partial charge is 0.321 e. The Bertz CT molecular complexity index is 562. The summed E-state index contributed by atoms with van der Waals surface area (Å²) >= 11 is 0. The van der Waals surface area contributed by atoms with Gasteiger partial charge in [0.2, 0.25) is 5.91 Å². The topological polar surface area (TPSA) is 55.9 Å². The lowest BCUT2D eigenvalue weighted by Gasteiger charge is -2.37. The maximum absolute atomic E-state index is 12.6. The summed E-state index contributed by atoms with van der Waals surface area (Å²) in [6.45, 7) is 4.83. The minimum Gasteiger partial charge on any atom is -0.340 e. The summed E-state index contributed by atoms with van der Waals surface area (Å²) in [4.78, 5) is 31.0. The van der Waals surface area contributed by atoms with E-state index in [-0.39, 0.29) is 17.9 Å². The van der Waals surface area contributed by atoms with E-state index in [2.05, 4.69) is 17.3 Å². The van der Waals surface area contributed by atoms with E-state index in [0.29, 0.717) is 13.1 Å². The third-order valence-corrected chi connectivity index (χ3v) is 4.97. The fraction of sp³-hybridized carbons (Fsp3) is 0.556. The van der Waals surface area contributed by atoms with Crippen LogP contribution >= 0.6 is 0 Å². The van der Waals surface area contributed by atoms with E-state index < -0.39 is 0 Å². The van der Waals surface area contributed by atoms with Crippen molar-refractivity contribution < 1.29 is 9.59 Å². The Balaban J connectivity index is 1.47. The van der Waals surface area contributed by atoms with Gasteiger partial charge in [-0.15, -0.1) is 0 Å². The number of amides is 3. The number of urea groups is 1. The number of benzene rings is 1. The van der Waals surface area contributed by atoms with Gasteiger partial charge in [0.15, 0.2) is 0 Å². The first kappa shape index (κ1) is 16.8. The Hall–Kier alpha value is -2.08. The molecule has 0 aromatic heterocycles. The molecule has 0 bridgehead atoms. The molecule has 3 rings (SSSR count). The Labute approximate surface area is 143 Å². The fourth-order valence-electron chi connectivity index (χ4n) is 3.34. The maximum atomic E-state index is 12.6. The number of nitrogens with zero attached hydrogens (tertiary/aromatic N) is 3. The second-order valence-corrected chi connectivity index (χ2v) is 6.69. The highest BCUT2D eigenvalue weighted by molar-refractivity contribution is 5.89. The Morgan fingerprint density at radius 3 is 2.17 bits per heavy atom. The number of para-hydroxylation sites is 1. The predicted molar refractivity (Wildman–Crippen MR) is 93.8 cm³/mol. The molecule has 1 aromatic rings. The zero-order chi connectivity index (χ0) is 16.9. The number of likely N-dealkylation sites (N-methyl/N-ethyl adjacent to an activating group) is 1. The second kappa shape index (κ2) is 7.66. The van der Waals surface area contributed by atoms with E-state index in [1.165, 1.54) is 0 Å². The molecule has 1 aromatic carbocycles. The molecule has 24 heavy (non-hydrogen) atoms. The first-order chi connectivity index (χ1) is 11.6. The van der Waals surface area contributed by atoms with Crippen molar-refractivity contribution in [3.63, 3.8) is 0 Å². The number of carbonyl (C=O) groups excluding carboxylic acids is 2. The lowest BCUT2D eigenvalue weighted by molar-refractivity contribution is -0.138. The monoisotopic (exact) mass is 330 g/mol. The molecule has 0 radical (unpaired) electrons. The van der Waals surface area contributed by atoms with Crippen molar-refractivity contribution in [1.29, 1.82) is 0 Å². The van der Waals surface area contributed by atoms with E-state index in [9.17, 15) is 9.59 Å². The van der Waals surface area contributed by atoms with Crippen molar-refractivity contribution in [2.45, 2.75) is 12.8 Å². The van der Waals surface area contributed by atoms with Crippen molar-refractivity contribution in [1.82, 2.24) is 14.7 Å². The molecule has 130 valence electrons. The summed E-state index contributed by atoms with van der Waals surface area (Å²) in [7, 11) is 2.09. The minimum absolute atomic E-state index is 0.0641. The van der Waals surface area contributed by atoms with Gasteiger partial charge in [0.1, 0.15) is 0 Å². The van der Waals surface area contributed by atoms with Gasteiger partial charge in [-0.1, -0.05) is 18.2 Å². The van der Waals surface area contributed by atoms with Crippen LogP contribution in [0.5, 0.6) is 0 Å². The van der Waals surface area contributed by atoms with E-state index in [1.807, 2.05) is 35.2 Å². The number of hydrogen-bond acceptors (Lipinski definition) is 3. The molecule has 2 saturated heterocycles. The highest BCUT2D eigenvalue weighted by Crippen LogP contribution is 2.21. The van der Waals surface area contributed by atoms with Crippen molar-refractivity contribution in [2.24, 2.45) is 5.92 Å². The molecule has 0 unspecified atom stereocenters. The molecule has 2 aliphatic heterocycles. The van der Waals surface area contributed by atoms with Crippen LogP contribution in [0.4, 0.5) is 10.5 Å². The van der Waals surface area contributed by atoms with Crippen LogP contribution in [0.3, 0.4) is 0 Å². The molecular weight excluding hydrogens is 304 g/mol. The van der Waals surface area contributed by atoms with Crippen LogP contribution in [0.25, 0.3) is 0 Å². The summed E-state index contributed by atoms with van der Waals surface area (Å²) in [5.41, 5.74) is 0.804. The molecule has 3 amide bonds. The van der Waals surface area contributed by atoms with Gasteiger partial charge >= 0.3 is 6.03 Å². The molecule has 1 N–H and O–H groups in total. The van der Waals surface area contributed by atoms with Crippen molar-refractivity contribution in [3.05, 3.63) is 30.3 Å². The van der Waals surface area contributed by atoms with Crippen molar-refractivity contribution >= 4 is 17.6 Å². The number of carbonyl (C=O) groups is 2. The van der Waals surface area contributed by atoms with E-state index in [4.69, 9.17) is 0 Å². The molecule has 6 heteroatoms. The van der Waals surface area contributed by atoms with Gasteiger partial charge < -0.3 is 20.0 Å². The highest BCUT2D eigenvalue weighted by atomic mass is 16.2.